The third-order valence-electron chi connectivity index (χ3n) is 6.30. The molecule has 0 bridgehead atoms. The van der Waals surface area contributed by atoms with Crippen LogP contribution in [0, 0.1) is 13.8 Å². The van der Waals surface area contributed by atoms with Gasteiger partial charge in [-0.1, -0.05) is 6.07 Å². The number of benzene rings is 2. The number of imidazole rings is 1. The van der Waals surface area contributed by atoms with E-state index >= 15 is 0 Å². The van der Waals surface area contributed by atoms with Crippen LogP contribution in [0.1, 0.15) is 37.5 Å². The maximum Gasteiger partial charge on any atom is 0.410 e. The average molecular weight is 516 g/mol. The minimum atomic E-state index is -0.715. The molecule has 38 heavy (non-hydrogen) atoms. The Morgan fingerprint density at radius 2 is 1.74 bits per heavy atom. The summed E-state index contributed by atoms with van der Waals surface area (Å²) < 4.78 is 6.64. The molecular formula is C27H29N7O4. The van der Waals surface area contributed by atoms with Gasteiger partial charge in [0.1, 0.15) is 5.60 Å². The van der Waals surface area contributed by atoms with Crippen LogP contribution in [0.5, 0.6) is 0 Å². The number of hydrogen-bond acceptors (Lipinski definition) is 7. The lowest BCUT2D eigenvalue weighted by molar-refractivity contribution is 0.0226. The lowest BCUT2D eigenvalue weighted by atomic mass is 10.1. The maximum absolute atomic E-state index is 13.3. The minimum absolute atomic E-state index is 0.0533. The first-order chi connectivity index (χ1) is 18.0. The molecule has 196 valence electrons. The molecule has 0 radical (unpaired) electrons. The van der Waals surface area contributed by atoms with Crippen molar-refractivity contribution in [2.75, 3.05) is 6.54 Å². The monoisotopic (exact) mass is 515 g/mol. The minimum Gasteiger partial charge on any atom is -0.444 e. The van der Waals surface area contributed by atoms with E-state index in [0.29, 0.717) is 11.0 Å². The number of amides is 1. The van der Waals surface area contributed by atoms with E-state index in [1.807, 2.05) is 44.2 Å². The number of aromatic nitrogens is 6. The lowest BCUT2D eigenvalue weighted by Gasteiger charge is -2.27. The van der Waals surface area contributed by atoms with Crippen LogP contribution in [0.15, 0.2) is 46.2 Å². The summed E-state index contributed by atoms with van der Waals surface area (Å²) >= 11 is 0. The van der Waals surface area contributed by atoms with Crippen LogP contribution in [-0.4, -0.2) is 52.6 Å². The Balaban J connectivity index is 1.48. The summed E-state index contributed by atoms with van der Waals surface area (Å²) in [4.78, 5) is 59.7. The summed E-state index contributed by atoms with van der Waals surface area (Å²) in [6.07, 6.45) is 1.05. The standard InChI is InChI=1S/C27H29N7O4/c1-15-10-20-21(11-16(15)2)31-23-22(30-20)24(35)34(25(36)32-23)9-8-33(26(37)38-27(3,4)5)13-17-6-7-18-19(12-17)29-14-28-18/h6-7,10-12,14H,8-9,13H2,1-5H3,(H,28,29)(H,31,32,36). The van der Waals surface area contributed by atoms with Crippen LogP contribution >= 0.6 is 0 Å². The summed E-state index contributed by atoms with van der Waals surface area (Å²) in [5.41, 5.74) is 4.01. The predicted molar refractivity (Wildman–Crippen MR) is 144 cm³/mol. The van der Waals surface area contributed by atoms with Crippen LogP contribution in [0.25, 0.3) is 33.2 Å². The zero-order chi connectivity index (χ0) is 27.2. The molecule has 0 unspecified atom stereocenters. The van der Waals surface area contributed by atoms with Gasteiger partial charge in [0, 0.05) is 19.6 Å². The molecule has 11 heteroatoms. The second-order valence-electron chi connectivity index (χ2n) is 10.4. The Labute approximate surface area is 217 Å². The van der Waals surface area contributed by atoms with Gasteiger partial charge in [-0.15, -0.1) is 0 Å². The third kappa shape index (κ3) is 4.99. The molecule has 0 saturated carbocycles. The Kier molecular flexibility index (Phi) is 6.22. The fourth-order valence-corrected chi connectivity index (χ4v) is 4.22. The van der Waals surface area contributed by atoms with Gasteiger partial charge in [0.15, 0.2) is 11.2 Å². The van der Waals surface area contributed by atoms with E-state index in [9.17, 15) is 14.4 Å². The first-order valence-corrected chi connectivity index (χ1v) is 12.3. The van der Waals surface area contributed by atoms with Gasteiger partial charge in [0.25, 0.3) is 5.56 Å². The molecule has 2 N–H and O–H groups in total. The number of fused-ring (bicyclic) bond motifs is 3. The molecule has 0 aliphatic rings. The Morgan fingerprint density at radius 1 is 1.03 bits per heavy atom. The summed E-state index contributed by atoms with van der Waals surface area (Å²) in [6, 6.07) is 9.38. The number of rotatable bonds is 5. The highest BCUT2D eigenvalue weighted by Crippen LogP contribution is 2.18. The molecule has 3 aromatic heterocycles. The van der Waals surface area contributed by atoms with Crippen LogP contribution in [0.2, 0.25) is 0 Å². The Morgan fingerprint density at radius 3 is 2.45 bits per heavy atom. The van der Waals surface area contributed by atoms with Crippen molar-refractivity contribution < 1.29 is 9.53 Å². The fraction of sp³-hybridized carbons (Fsp3) is 0.333. The van der Waals surface area contributed by atoms with Crippen molar-refractivity contribution >= 4 is 39.3 Å². The van der Waals surface area contributed by atoms with Crippen molar-refractivity contribution in [3.63, 3.8) is 0 Å². The zero-order valence-electron chi connectivity index (χ0n) is 22.0. The predicted octanol–water partition coefficient (Wildman–Crippen LogP) is 3.56. The maximum atomic E-state index is 13.3. The van der Waals surface area contributed by atoms with Gasteiger partial charge in [-0.05, 0) is 75.6 Å². The summed E-state index contributed by atoms with van der Waals surface area (Å²) in [6.45, 7) is 9.49. The summed E-state index contributed by atoms with van der Waals surface area (Å²) in [5.74, 6) is 0. The number of carbonyl (C=O) groups is 1. The van der Waals surface area contributed by atoms with Crippen molar-refractivity contribution in [2.45, 2.75) is 53.3 Å². The normalized spacial score (nSPS) is 11.9. The molecule has 0 spiro atoms. The van der Waals surface area contributed by atoms with Crippen LogP contribution in [0.4, 0.5) is 4.79 Å². The van der Waals surface area contributed by atoms with E-state index in [-0.39, 0.29) is 30.8 Å². The molecular weight excluding hydrogens is 486 g/mol. The number of carbonyl (C=O) groups excluding carboxylic acids is 1. The molecule has 0 aliphatic heterocycles. The highest BCUT2D eigenvalue weighted by molar-refractivity contribution is 5.84. The van der Waals surface area contributed by atoms with Crippen LogP contribution < -0.4 is 11.2 Å². The van der Waals surface area contributed by atoms with E-state index in [4.69, 9.17) is 4.74 Å². The van der Waals surface area contributed by atoms with Crippen molar-refractivity contribution in [1.29, 1.82) is 0 Å². The highest BCUT2D eigenvalue weighted by Gasteiger charge is 2.23. The second kappa shape index (κ2) is 9.40. The Hall–Kier alpha value is -4.54. The first-order valence-electron chi connectivity index (χ1n) is 12.3. The molecule has 0 fully saturated rings. The van der Waals surface area contributed by atoms with Gasteiger partial charge in [-0.2, -0.15) is 0 Å². The number of aromatic amines is 2. The molecule has 11 nitrogen and oxygen atoms in total. The highest BCUT2D eigenvalue weighted by atomic mass is 16.6. The van der Waals surface area contributed by atoms with Crippen molar-refractivity contribution in [2.24, 2.45) is 0 Å². The van der Waals surface area contributed by atoms with Gasteiger partial charge in [-0.3, -0.25) is 14.3 Å². The van der Waals surface area contributed by atoms with Gasteiger partial charge < -0.3 is 14.6 Å². The molecule has 1 amide bonds. The smallest absolute Gasteiger partial charge is 0.410 e. The molecule has 2 aromatic carbocycles. The number of hydrogen-bond donors (Lipinski definition) is 2. The van der Waals surface area contributed by atoms with Gasteiger partial charge >= 0.3 is 11.8 Å². The second-order valence-corrected chi connectivity index (χ2v) is 10.4. The van der Waals surface area contributed by atoms with E-state index < -0.39 is 22.9 Å². The van der Waals surface area contributed by atoms with Gasteiger partial charge in [0.2, 0.25) is 0 Å². The van der Waals surface area contributed by atoms with E-state index in [1.165, 1.54) is 4.90 Å². The van der Waals surface area contributed by atoms with Crippen LogP contribution in [0.3, 0.4) is 0 Å². The summed E-state index contributed by atoms with van der Waals surface area (Å²) in [7, 11) is 0. The average Bonchev–Trinajstić information content (AvgIpc) is 3.30. The molecule has 3 heterocycles. The number of ether oxygens (including phenoxy) is 1. The van der Waals surface area contributed by atoms with E-state index in [1.54, 1.807) is 27.1 Å². The summed E-state index contributed by atoms with van der Waals surface area (Å²) in [5, 5.41) is 0. The molecule has 0 atom stereocenters. The number of nitrogens with one attached hydrogen (secondary N) is 2. The molecule has 0 saturated heterocycles. The topological polar surface area (TPSA) is 139 Å². The molecule has 5 aromatic rings. The quantitative estimate of drug-likeness (QED) is 0.341. The van der Waals surface area contributed by atoms with E-state index in [0.717, 1.165) is 32.3 Å². The zero-order valence-corrected chi connectivity index (χ0v) is 22.0. The Bertz CT molecular complexity index is 1810. The van der Waals surface area contributed by atoms with Gasteiger partial charge in [0.05, 0.1) is 28.4 Å². The van der Waals surface area contributed by atoms with Gasteiger partial charge in [-0.25, -0.2) is 24.5 Å². The van der Waals surface area contributed by atoms with Crippen molar-refractivity contribution in [3.05, 3.63) is 74.2 Å². The number of aryl methyl sites for hydroxylation is 2. The molecule has 0 aliphatic carbocycles. The van der Waals surface area contributed by atoms with Crippen LogP contribution in [-0.2, 0) is 17.8 Å². The lowest BCUT2D eigenvalue weighted by Crippen LogP contribution is -2.42. The fourth-order valence-electron chi connectivity index (χ4n) is 4.22. The molecule has 5 rings (SSSR count). The largest absolute Gasteiger partial charge is 0.444 e. The number of nitrogens with zero attached hydrogens (tertiary/aromatic N) is 5. The van der Waals surface area contributed by atoms with Crippen molar-refractivity contribution in [3.8, 4) is 0 Å². The first kappa shape index (κ1) is 25.1. The van der Waals surface area contributed by atoms with Crippen molar-refractivity contribution in [1.82, 2.24) is 34.4 Å². The van der Waals surface area contributed by atoms with E-state index in [2.05, 4.69) is 24.9 Å². The number of H-pyrrole nitrogens is 2. The SMILES string of the molecule is Cc1cc2nc3[nH]c(=O)n(CCN(Cc4ccc5nc[nH]c5c4)C(=O)OC(C)(C)C)c(=O)c3nc2cc1C. The third-order valence-corrected chi connectivity index (χ3v) is 6.30.